The van der Waals surface area contributed by atoms with Gasteiger partial charge in [0.05, 0.1) is 21.3 Å². The summed E-state index contributed by atoms with van der Waals surface area (Å²) in [6.07, 6.45) is 1.54. The molecule has 0 spiro atoms. The lowest BCUT2D eigenvalue weighted by molar-refractivity contribution is -0.384. The number of halogens is 2. The zero-order valence-corrected chi connectivity index (χ0v) is 15.0. The molecule has 0 amide bonds. The fraction of sp³-hybridized carbons (Fsp3) is 0. The Balaban J connectivity index is 1.87. The number of nitro groups is 1. The second-order valence-electron chi connectivity index (χ2n) is 5.37. The number of hydrogen-bond donors (Lipinski definition) is 2. The van der Waals surface area contributed by atoms with Crippen molar-refractivity contribution >= 4 is 39.0 Å². The molecule has 0 radical (unpaired) electrons. The number of nitrogens with one attached hydrogen (secondary N) is 2. The molecule has 2 N–H and O–H groups in total. The number of nitro benzene ring substituents is 1. The summed E-state index contributed by atoms with van der Waals surface area (Å²) in [7, 11) is -4.03. The molecular formula is C16H12ClFN4O4S. The van der Waals surface area contributed by atoms with Crippen LogP contribution in [-0.4, -0.2) is 17.9 Å². The van der Waals surface area contributed by atoms with Crippen LogP contribution < -0.4 is 9.44 Å². The van der Waals surface area contributed by atoms with Crippen molar-refractivity contribution in [3.8, 4) is 5.69 Å². The molecule has 2 aromatic carbocycles. The van der Waals surface area contributed by atoms with Crippen LogP contribution in [0.15, 0.2) is 60.8 Å². The largest absolute Gasteiger partial charge is 0.322 e. The number of rotatable bonds is 6. The highest BCUT2D eigenvalue weighted by Gasteiger charge is 2.16. The van der Waals surface area contributed by atoms with Crippen LogP contribution in [-0.2, 0) is 10.2 Å². The van der Waals surface area contributed by atoms with E-state index in [-0.39, 0.29) is 22.2 Å². The Morgan fingerprint density at radius 3 is 2.41 bits per heavy atom. The molecule has 0 unspecified atom stereocenters. The highest BCUT2D eigenvalue weighted by Crippen LogP contribution is 2.28. The summed E-state index contributed by atoms with van der Waals surface area (Å²) in [5, 5.41) is 10.9. The third kappa shape index (κ3) is 4.36. The molecule has 3 rings (SSSR count). The van der Waals surface area contributed by atoms with Gasteiger partial charge in [-0.2, -0.15) is 8.42 Å². The Morgan fingerprint density at radius 1 is 1.07 bits per heavy atom. The SMILES string of the molecule is O=[N+]([O-])c1ccc(-n2cccc2NS(=O)(=O)Nc2ccc(F)cc2)c(Cl)c1. The molecule has 0 saturated carbocycles. The molecule has 0 aliphatic carbocycles. The Morgan fingerprint density at radius 2 is 1.78 bits per heavy atom. The first-order valence-corrected chi connectivity index (χ1v) is 9.29. The zero-order valence-electron chi connectivity index (χ0n) is 13.5. The highest BCUT2D eigenvalue weighted by molar-refractivity contribution is 7.94. The van der Waals surface area contributed by atoms with Gasteiger partial charge in [0, 0.05) is 18.3 Å². The normalized spacial score (nSPS) is 11.2. The number of anilines is 2. The van der Waals surface area contributed by atoms with Gasteiger partial charge in [0.1, 0.15) is 11.6 Å². The summed E-state index contributed by atoms with van der Waals surface area (Å²) in [6, 6.07) is 11.7. The number of nitrogens with zero attached hydrogens (tertiary/aromatic N) is 2. The number of aromatic nitrogens is 1. The summed E-state index contributed by atoms with van der Waals surface area (Å²) < 4.78 is 43.6. The average Bonchev–Trinajstić information content (AvgIpc) is 3.03. The molecule has 0 atom stereocenters. The minimum absolute atomic E-state index is 0.0762. The lowest BCUT2D eigenvalue weighted by Crippen LogP contribution is -2.23. The van der Waals surface area contributed by atoms with Gasteiger partial charge in [-0.3, -0.25) is 19.6 Å². The van der Waals surface area contributed by atoms with Crippen molar-refractivity contribution in [3.63, 3.8) is 0 Å². The summed E-state index contributed by atoms with van der Waals surface area (Å²) >= 11 is 6.10. The Bertz CT molecular complexity index is 1100. The summed E-state index contributed by atoms with van der Waals surface area (Å²) in [5.74, 6) is -0.340. The van der Waals surface area contributed by atoms with Gasteiger partial charge >= 0.3 is 10.2 Å². The second kappa shape index (κ2) is 7.25. The van der Waals surface area contributed by atoms with Crippen LogP contribution >= 0.6 is 11.6 Å². The van der Waals surface area contributed by atoms with E-state index < -0.39 is 20.9 Å². The average molecular weight is 411 g/mol. The van der Waals surface area contributed by atoms with E-state index in [0.29, 0.717) is 5.69 Å². The highest BCUT2D eigenvalue weighted by atomic mass is 35.5. The Labute approximate surface area is 158 Å². The van der Waals surface area contributed by atoms with E-state index in [9.17, 15) is 22.9 Å². The predicted molar refractivity (Wildman–Crippen MR) is 100.0 cm³/mol. The Hall–Kier alpha value is -3.11. The van der Waals surface area contributed by atoms with E-state index in [1.807, 2.05) is 0 Å². The van der Waals surface area contributed by atoms with Crippen molar-refractivity contribution in [1.29, 1.82) is 0 Å². The van der Waals surface area contributed by atoms with Crippen LogP contribution in [0.1, 0.15) is 0 Å². The number of hydrogen-bond acceptors (Lipinski definition) is 4. The first kappa shape index (κ1) is 18.7. The maximum Gasteiger partial charge on any atom is 0.322 e. The van der Waals surface area contributed by atoms with Gasteiger partial charge in [-0.1, -0.05) is 11.6 Å². The van der Waals surface area contributed by atoms with Crippen molar-refractivity contribution in [3.05, 3.63) is 81.7 Å². The molecule has 11 heteroatoms. The lowest BCUT2D eigenvalue weighted by Gasteiger charge is -2.14. The molecule has 140 valence electrons. The molecular weight excluding hydrogens is 399 g/mol. The van der Waals surface area contributed by atoms with E-state index in [1.165, 1.54) is 41.0 Å². The van der Waals surface area contributed by atoms with Crippen LogP contribution in [0.2, 0.25) is 5.02 Å². The maximum atomic E-state index is 12.9. The summed E-state index contributed by atoms with van der Waals surface area (Å²) in [4.78, 5) is 10.2. The number of non-ortho nitro benzene ring substituents is 1. The van der Waals surface area contributed by atoms with Gasteiger partial charge in [0.15, 0.2) is 0 Å². The van der Waals surface area contributed by atoms with E-state index >= 15 is 0 Å². The smallest absolute Gasteiger partial charge is 0.301 e. The van der Waals surface area contributed by atoms with Gasteiger partial charge in [-0.15, -0.1) is 0 Å². The van der Waals surface area contributed by atoms with Crippen LogP contribution in [0, 0.1) is 15.9 Å². The van der Waals surface area contributed by atoms with Crippen LogP contribution in [0.5, 0.6) is 0 Å². The monoisotopic (exact) mass is 410 g/mol. The van der Waals surface area contributed by atoms with E-state index in [0.717, 1.165) is 12.1 Å². The summed E-state index contributed by atoms with van der Waals surface area (Å²) in [6.45, 7) is 0. The first-order chi connectivity index (χ1) is 12.7. The molecule has 0 fully saturated rings. The van der Waals surface area contributed by atoms with Crippen LogP contribution in [0.4, 0.5) is 21.6 Å². The quantitative estimate of drug-likeness (QED) is 0.474. The lowest BCUT2D eigenvalue weighted by atomic mass is 10.3. The predicted octanol–water partition coefficient (Wildman–Crippen LogP) is 3.95. The zero-order chi connectivity index (χ0) is 19.6. The third-order valence-electron chi connectivity index (χ3n) is 3.49. The van der Waals surface area contributed by atoms with Crippen molar-refractivity contribution in [2.45, 2.75) is 0 Å². The molecule has 8 nitrogen and oxygen atoms in total. The van der Waals surface area contributed by atoms with Crippen LogP contribution in [0.3, 0.4) is 0 Å². The van der Waals surface area contributed by atoms with Gasteiger partial charge in [0.25, 0.3) is 5.69 Å². The standard InChI is InChI=1S/C16H12ClFN4O4S/c17-14-10-13(22(23)24)7-8-15(14)21-9-1-2-16(21)20-27(25,26)19-12-5-3-11(18)4-6-12/h1-10,19-20H. The fourth-order valence-electron chi connectivity index (χ4n) is 2.32. The van der Waals surface area contributed by atoms with Gasteiger partial charge < -0.3 is 4.57 Å². The van der Waals surface area contributed by atoms with E-state index in [4.69, 9.17) is 11.6 Å². The topological polar surface area (TPSA) is 106 Å². The van der Waals surface area contributed by atoms with Crippen molar-refractivity contribution in [2.75, 3.05) is 9.44 Å². The molecule has 3 aromatic rings. The molecule has 0 aliphatic heterocycles. The number of benzene rings is 2. The first-order valence-electron chi connectivity index (χ1n) is 7.43. The van der Waals surface area contributed by atoms with Crippen LogP contribution in [0.25, 0.3) is 5.69 Å². The molecule has 0 saturated heterocycles. The van der Waals surface area contributed by atoms with Crippen molar-refractivity contribution in [2.24, 2.45) is 0 Å². The minimum atomic E-state index is -4.03. The molecule has 0 bridgehead atoms. The molecule has 27 heavy (non-hydrogen) atoms. The van der Waals surface area contributed by atoms with Crippen molar-refractivity contribution < 1.29 is 17.7 Å². The maximum absolute atomic E-state index is 12.9. The summed E-state index contributed by atoms with van der Waals surface area (Å²) in [5.41, 5.74) is 0.345. The van der Waals surface area contributed by atoms with Crippen molar-refractivity contribution in [1.82, 2.24) is 4.57 Å². The molecule has 0 aliphatic rings. The van der Waals surface area contributed by atoms with E-state index in [2.05, 4.69) is 9.44 Å². The molecule has 1 heterocycles. The van der Waals surface area contributed by atoms with Gasteiger partial charge in [0.2, 0.25) is 0 Å². The third-order valence-corrected chi connectivity index (χ3v) is 4.77. The molecule has 1 aromatic heterocycles. The van der Waals surface area contributed by atoms with Gasteiger partial charge in [-0.05, 0) is 42.5 Å². The second-order valence-corrected chi connectivity index (χ2v) is 7.19. The Kier molecular flexibility index (Phi) is 5.02. The van der Waals surface area contributed by atoms with E-state index in [1.54, 1.807) is 12.3 Å². The fourth-order valence-corrected chi connectivity index (χ4v) is 3.52. The van der Waals surface area contributed by atoms with Gasteiger partial charge in [-0.25, -0.2) is 4.39 Å². The minimum Gasteiger partial charge on any atom is -0.301 e.